The number of fused-ring (bicyclic) bond motifs is 1. The first kappa shape index (κ1) is 23.1. The number of hydrogen-bond acceptors (Lipinski definition) is 3. The van der Waals surface area contributed by atoms with Gasteiger partial charge in [0.1, 0.15) is 5.69 Å². The normalized spacial score (nSPS) is 21.6. The van der Waals surface area contributed by atoms with Gasteiger partial charge in [0.25, 0.3) is 5.91 Å². The van der Waals surface area contributed by atoms with Crippen molar-refractivity contribution in [3.05, 3.63) is 35.0 Å². The fourth-order valence-corrected chi connectivity index (χ4v) is 5.36. The number of likely N-dealkylation sites (tertiary alicyclic amines) is 2. The maximum atomic E-state index is 13.0. The second-order valence-electron chi connectivity index (χ2n) is 9.50. The van der Waals surface area contributed by atoms with E-state index in [1.54, 1.807) is 0 Å². The Hall–Kier alpha value is -2.05. The van der Waals surface area contributed by atoms with Gasteiger partial charge in [-0.2, -0.15) is 0 Å². The largest absolute Gasteiger partial charge is 0.355 e. The molecule has 174 valence electrons. The van der Waals surface area contributed by atoms with Crippen molar-refractivity contribution in [2.75, 3.05) is 32.7 Å². The SMILES string of the molecule is CC(C(=O)NCCN1CCCCC1C)C1CCN(C(=O)c2cc3cc(Cl)ccc3[nH]2)CC1. The van der Waals surface area contributed by atoms with Crippen LogP contribution < -0.4 is 5.32 Å². The molecule has 7 heteroatoms. The molecule has 2 aliphatic rings. The van der Waals surface area contributed by atoms with Crippen LogP contribution in [0.4, 0.5) is 0 Å². The highest BCUT2D eigenvalue weighted by Crippen LogP contribution is 2.27. The number of piperidine rings is 2. The van der Waals surface area contributed by atoms with E-state index >= 15 is 0 Å². The lowest BCUT2D eigenvalue weighted by Gasteiger charge is -2.35. The summed E-state index contributed by atoms with van der Waals surface area (Å²) in [4.78, 5) is 33.2. The molecule has 1 aromatic carbocycles. The summed E-state index contributed by atoms with van der Waals surface area (Å²) in [5, 5.41) is 4.76. The van der Waals surface area contributed by atoms with E-state index in [0.717, 1.165) is 43.4 Å². The minimum absolute atomic E-state index is 0.0172. The number of rotatable bonds is 6. The minimum Gasteiger partial charge on any atom is -0.355 e. The monoisotopic (exact) mass is 458 g/mol. The number of H-pyrrole nitrogens is 1. The van der Waals surface area contributed by atoms with Crippen LogP contribution in [0, 0.1) is 11.8 Å². The Morgan fingerprint density at radius 2 is 1.94 bits per heavy atom. The summed E-state index contributed by atoms with van der Waals surface area (Å²) in [6.07, 6.45) is 5.55. The fourth-order valence-electron chi connectivity index (χ4n) is 5.18. The molecular weight excluding hydrogens is 424 g/mol. The molecule has 2 saturated heterocycles. The number of carbonyl (C=O) groups excluding carboxylic acids is 2. The zero-order chi connectivity index (χ0) is 22.7. The maximum absolute atomic E-state index is 13.0. The fraction of sp³-hybridized carbons (Fsp3) is 0.600. The van der Waals surface area contributed by atoms with Crippen LogP contribution in [0.3, 0.4) is 0 Å². The number of aromatic amines is 1. The van der Waals surface area contributed by atoms with Gasteiger partial charge >= 0.3 is 0 Å². The van der Waals surface area contributed by atoms with Gasteiger partial charge in [-0.15, -0.1) is 0 Å². The molecule has 0 spiro atoms. The van der Waals surface area contributed by atoms with E-state index in [0.29, 0.717) is 35.8 Å². The summed E-state index contributed by atoms with van der Waals surface area (Å²) in [6.45, 7) is 8.47. The zero-order valence-corrected chi connectivity index (χ0v) is 20.0. The highest BCUT2D eigenvalue weighted by atomic mass is 35.5. The molecular formula is C25H35ClN4O2. The minimum atomic E-state index is -0.0266. The van der Waals surface area contributed by atoms with Gasteiger partial charge in [0.05, 0.1) is 0 Å². The number of carbonyl (C=O) groups is 2. The van der Waals surface area contributed by atoms with Crippen molar-refractivity contribution in [3.8, 4) is 0 Å². The average Bonchev–Trinajstić information content (AvgIpc) is 3.22. The molecule has 2 amide bonds. The predicted molar refractivity (Wildman–Crippen MR) is 129 cm³/mol. The number of halogens is 1. The third-order valence-electron chi connectivity index (χ3n) is 7.40. The van der Waals surface area contributed by atoms with Gasteiger partial charge in [-0.25, -0.2) is 0 Å². The second kappa shape index (κ2) is 10.3. The average molecular weight is 459 g/mol. The smallest absolute Gasteiger partial charge is 0.270 e. The van der Waals surface area contributed by atoms with Gasteiger partial charge in [-0.05, 0) is 69.3 Å². The van der Waals surface area contributed by atoms with Crippen LogP contribution in [0.5, 0.6) is 0 Å². The van der Waals surface area contributed by atoms with Crippen molar-refractivity contribution in [1.29, 1.82) is 0 Å². The molecule has 2 aliphatic heterocycles. The highest BCUT2D eigenvalue weighted by molar-refractivity contribution is 6.31. The third kappa shape index (κ3) is 5.29. The van der Waals surface area contributed by atoms with E-state index in [1.807, 2.05) is 36.1 Å². The van der Waals surface area contributed by atoms with Gasteiger partial charge in [-0.3, -0.25) is 14.5 Å². The van der Waals surface area contributed by atoms with Gasteiger partial charge in [0.2, 0.25) is 5.91 Å². The number of amides is 2. The lowest BCUT2D eigenvalue weighted by atomic mass is 9.84. The molecule has 2 atom stereocenters. The van der Waals surface area contributed by atoms with E-state index in [4.69, 9.17) is 11.6 Å². The molecule has 6 nitrogen and oxygen atoms in total. The molecule has 0 saturated carbocycles. The molecule has 32 heavy (non-hydrogen) atoms. The Morgan fingerprint density at radius 3 is 2.69 bits per heavy atom. The van der Waals surface area contributed by atoms with Crippen molar-refractivity contribution in [2.24, 2.45) is 11.8 Å². The molecule has 0 radical (unpaired) electrons. The summed E-state index contributed by atoms with van der Waals surface area (Å²) >= 11 is 6.06. The van der Waals surface area contributed by atoms with E-state index in [9.17, 15) is 9.59 Å². The van der Waals surface area contributed by atoms with Crippen molar-refractivity contribution in [3.63, 3.8) is 0 Å². The van der Waals surface area contributed by atoms with Gasteiger partial charge in [0.15, 0.2) is 0 Å². The first-order chi connectivity index (χ1) is 15.4. The quantitative estimate of drug-likeness (QED) is 0.678. The number of aromatic nitrogens is 1. The molecule has 2 fully saturated rings. The van der Waals surface area contributed by atoms with Crippen LogP contribution in [0.15, 0.2) is 24.3 Å². The Labute approximate surface area is 195 Å². The van der Waals surface area contributed by atoms with Crippen molar-refractivity contribution >= 4 is 34.3 Å². The molecule has 2 aromatic rings. The van der Waals surface area contributed by atoms with Crippen LogP contribution in [-0.2, 0) is 4.79 Å². The summed E-state index contributed by atoms with van der Waals surface area (Å²) in [6, 6.07) is 8.07. The number of nitrogens with zero attached hydrogens (tertiary/aromatic N) is 2. The predicted octanol–water partition coefficient (Wildman–Crippen LogP) is 4.30. The third-order valence-corrected chi connectivity index (χ3v) is 7.63. The first-order valence-electron chi connectivity index (χ1n) is 12.0. The van der Waals surface area contributed by atoms with Crippen LogP contribution >= 0.6 is 11.6 Å². The van der Waals surface area contributed by atoms with E-state index in [2.05, 4.69) is 22.1 Å². The molecule has 3 heterocycles. The van der Waals surface area contributed by atoms with E-state index in [1.165, 1.54) is 19.3 Å². The zero-order valence-electron chi connectivity index (χ0n) is 19.2. The second-order valence-corrected chi connectivity index (χ2v) is 9.94. The Balaban J connectivity index is 1.24. The molecule has 4 rings (SSSR count). The topological polar surface area (TPSA) is 68.4 Å². The number of nitrogens with one attached hydrogen (secondary N) is 2. The Kier molecular flexibility index (Phi) is 7.41. The van der Waals surface area contributed by atoms with Crippen molar-refractivity contribution in [2.45, 2.75) is 52.0 Å². The van der Waals surface area contributed by atoms with Gasteiger partial charge < -0.3 is 15.2 Å². The summed E-state index contributed by atoms with van der Waals surface area (Å²) < 4.78 is 0. The van der Waals surface area contributed by atoms with E-state index < -0.39 is 0 Å². The summed E-state index contributed by atoms with van der Waals surface area (Å²) in [5.74, 6) is 0.450. The lowest BCUT2D eigenvalue weighted by Crippen LogP contribution is -2.45. The maximum Gasteiger partial charge on any atom is 0.270 e. The molecule has 2 N–H and O–H groups in total. The standard InChI is InChI=1S/C25H35ClN4O2/c1-17-5-3-4-11-29(17)14-10-27-24(31)18(2)19-8-12-30(13-9-19)25(32)23-16-20-15-21(26)6-7-22(20)28-23/h6-7,15-19,28H,3-5,8-14H2,1-2H3,(H,27,31). The van der Waals surface area contributed by atoms with Crippen LogP contribution in [0.2, 0.25) is 5.02 Å². The van der Waals surface area contributed by atoms with Crippen LogP contribution in [-0.4, -0.2) is 65.4 Å². The van der Waals surface area contributed by atoms with Crippen molar-refractivity contribution < 1.29 is 9.59 Å². The van der Waals surface area contributed by atoms with Crippen LogP contribution in [0.1, 0.15) is 56.4 Å². The van der Waals surface area contributed by atoms with E-state index in [-0.39, 0.29) is 17.7 Å². The highest BCUT2D eigenvalue weighted by Gasteiger charge is 2.30. The van der Waals surface area contributed by atoms with Crippen LogP contribution in [0.25, 0.3) is 10.9 Å². The van der Waals surface area contributed by atoms with Gasteiger partial charge in [0, 0.05) is 54.1 Å². The molecule has 0 bridgehead atoms. The molecule has 1 aromatic heterocycles. The summed E-state index contributed by atoms with van der Waals surface area (Å²) in [5.41, 5.74) is 1.51. The number of benzene rings is 1. The van der Waals surface area contributed by atoms with Crippen molar-refractivity contribution in [1.82, 2.24) is 20.1 Å². The molecule has 0 aliphatic carbocycles. The van der Waals surface area contributed by atoms with Gasteiger partial charge in [-0.1, -0.05) is 24.9 Å². The number of hydrogen-bond donors (Lipinski definition) is 2. The molecule has 2 unspecified atom stereocenters. The first-order valence-corrected chi connectivity index (χ1v) is 12.4. The lowest BCUT2D eigenvalue weighted by molar-refractivity contribution is -0.126. The Morgan fingerprint density at radius 1 is 1.16 bits per heavy atom. The summed E-state index contributed by atoms with van der Waals surface area (Å²) in [7, 11) is 0. The Bertz CT molecular complexity index is 951.